The Hall–Kier alpha value is -2.41. The highest BCUT2D eigenvalue weighted by molar-refractivity contribution is 5.68. The summed E-state index contributed by atoms with van der Waals surface area (Å²) in [5, 5.41) is 14.9. The van der Waals surface area contributed by atoms with E-state index in [1.54, 1.807) is 4.52 Å². The van der Waals surface area contributed by atoms with Crippen molar-refractivity contribution in [1.29, 1.82) is 0 Å². The highest BCUT2D eigenvalue weighted by Crippen LogP contribution is 2.23. The van der Waals surface area contributed by atoms with Gasteiger partial charge in [0.05, 0.1) is 5.69 Å². The van der Waals surface area contributed by atoms with Gasteiger partial charge in [-0.05, 0) is 37.5 Å². The first kappa shape index (κ1) is 13.3. The molecule has 3 aromatic heterocycles. The number of ether oxygens (including phenoxy) is 1. The lowest BCUT2D eigenvalue weighted by Crippen LogP contribution is -2.28. The lowest BCUT2D eigenvalue weighted by Gasteiger charge is -2.22. The summed E-state index contributed by atoms with van der Waals surface area (Å²) < 4.78 is 7.16. The Morgan fingerprint density at radius 1 is 1.36 bits per heavy atom. The van der Waals surface area contributed by atoms with Crippen molar-refractivity contribution in [2.75, 3.05) is 18.5 Å². The number of aromatic nitrogens is 5. The molecule has 4 heterocycles. The number of pyridine rings is 1. The van der Waals surface area contributed by atoms with Gasteiger partial charge in [0.15, 0.2) is 5.65 Å². The monoisotopic (exact) mass is 298 g/mol. The number of nitrogens with zero attached hydrogens (tertiary/aromatic N) is 4. The van der Waals surface area contributed by atoms with Crippen LogP contribution in [-0.4, -0.2) is 44.1 Å². The molecule has 1 aliphatic rings. The largest absolute Gasteiger partial charge is 0.381 e. The summed E-state index contributed by atoms with van der Waals surface area (Å²) >= 11 is 0. The van der Waals surface area contributed by atoms with Gasteiger partial charge >= 0.3 is 0 Å². The molecule has 1 aliphatic heterocycles. The molecule has 1 saturated heterocycles. The first-order valence-corrected chi connectivity index (χ1v) is 7.51. The molecule has 0 atom stereocenters. The zero-order valence-electron chi connectivity index (χ0n) is 12.4. The number of hydrogen-bond acceptors (Lipinski definition) is 5. The number of hydrogen-bond donors (Lipinski definition) is 2. The Labute approximate surface area is 127 Å². The molecule has 22 heavy (non-hydrogen) atoms. The lowest BCUT2D eigenvalue weighted by molar-refractivity contribution is 0.0903. The van der Waals surface area contributed by atoms with Gasteiger partial charge in [-0.2, -0.15) is 10.1 Å². The molecule has 0 unspecified atom stereocenters. The number of rotatable bonds is 3. The Kier molecular flexibility index (Phi) is 3.27. The number of H-pyrrole nitrogens is 1. The average Bonchev–Trinajstić information content (AvgIpc) is 3.13. The van der Waals surface area contributed by atoms with Crippen LogP contribution in [0.4, 0.5) is 5.95 Å². The van der Waals surface area contributed by atoms with Crippen LogP contribution < -0.4 is 5.32 Å². The van der Waals surface area contributed by atoms with Crippen molar-refractivity contribution in [3.8, 4) is 11.1 Å². The maximum absolute atomic E-state index is 5.37. The molecule has 7 heteroatoms. The van der Waals surface area contributed by atoms with E-state index in [-0.39, 0.29) is 0 Å². The Balaban J connectivity index is 1.62. The summed E-state index contributed by atoms with van der Waals surface area (Å²) in [5.74, 6) is 0.674. The second-order valence-electron chi connectivity index (χ2n) is 5.57. The van der Waals surface area contributed by atoms with E-state index in [0.717, 1.165) is 48.5 Å². The van der Waals surface area contributed by atoms with Gasteiger partial charge in [0.1, 0.15) is 0 Å². The van der Waals surface area contributed by atoms with Gasteiger partial charge in [-0.1, -0.05) is 0 Å². The second kappa shape index (κ2) is 5.42. The lowest BCUT2D eigenvalue weighted by atomic mass is 10.1. The molecule has 1 fully saturated rings. The maximum atomic E-state index is 5.37. The van der Waals surface area contributed by atoms with E-state index < -0.39 is 0 Å². The Bertz CT molecular complexity index is 786. The highest BCUT2D eigenvalue weighted by atomic mass is 16.5. The molecule has 0 spiro atoms. The van der Waals surface area contributed by atoms with Gasteiger partial charge in [-0.3, -0.25) is 5.10 Å². The molecule has 0 radical (unpaired) electrons. The fourth-order valence-electron chi connectivity index (χ4n) is 2.79. The number of anilines is 1. The number of nitrogens with one attached hydrogen (secondary N) is 2. The maximum Gasteiger partial charge on any atom is 0.243 e. The topological polar surface area (TPSA) is 80.1 Å². The van der Waals surface area contributed by atoms with Crippen LogP contribution in [0.25, 0.3) is 16.8 Å². The van der Waals surface area contributed by atoms with Crippen molar-refractivity contribution in [2.24, 2.45) is 0 Å². The fraction of sp³-hybridized carbons (Fsp3) is 0.400. The summed E-state index contributed by atoms with van der Waals surface area (Å²) in [5.41, 5.74) is 3.98. The van der Waals surface area contributed by atoms with Crippen molar-refractivity contribution in [3.05, 3.63) is 30.2 Å². The van der Waals surface area contributed by atoms with E-state index in [9.17, 15) is 0 Å². The van der Waals surface area contributed by atoms with E-state index >= 15 is 0 Å². The molecule has 0 saturated carbocycles. The number of aryl methyl sites for hydroxylation is 1. The molecule has 0 amide bonds. The van der Waals surface area contributed by atoms with Gasteiger partial charge in [0, 0.05) is 37.2 Å². The van der Waals surface area contributed by atoms with Gasteiger partial charge in [0.25, 0.3) is 0 Å². The molecule has 4 rings (SSSR count). The van der Waals surface area contributed by atoms with Crippen LogP contribution in [0.5, 0.6) is 0 Å². The SMILES string of the molecule is Cc1n[nH]cc1-c1ccn2nc(NC3CCOCC3)nc2c1. The van der Waals surface area contributed by atoms with E-state index in [4.69, 9.17) is 4.74 Å². The highest BCUT2D eigenvalue weighted by Gasteiger charge is 2.16. The summed E-state index contributed by atoms with van der Waals surface area (Å²) in [6.07, 6.45) is 5.82. The molecular formula is C15H18N6O. The predicted octanol–water partition coefficient (Wildman–Crippen LogP) is 2.02. The van der Waals surface area contributed by atoms with Crippen LogP contribution in [0, 0.1) is 6.92 Å². The summed E-state index contributed by atoms with van der Waals surface area (Å²) in [6.45, 7) is 3.59. The Morgan fingerprint density at radius 3 is 3.00 bits per heavy atom. The third kappa shape index (κ3) is 2.43. The minimum absolute atomic E-state index is 0.391. The van der Waals surface area contributed by atoms with Crippen molar-refractivity contribution >= 4 is 11.6 Å². The number of fused-ring (bicyclic) bond motifs is 1. The van der Waals surface area contributed by atoms with Crippen molar-refractivity contribution < 1.29 is 4.74 Å². The first-order chi connectivity index (χ1) is 10.8. The standard InChI is InChI=1S/C15H18N6O/c1-10-13(9-16-19-10)11-2-5-21-14(8-11)18-15(20-21)17-12-3-6-22-7-4-12/h2,5,8-9,12H,3-4,6-7H2,1H3,(H,16,19)(H,17,20). The fourth-order valence-corrected chi connectivity index (χ4v) is 2.79. The second-order valence-corrected chi connectivity index (χ2v) is 5.57. The molecule has 114 valence electrons. The van der Waals surface area contributed by atoms with Gasteiger partial charge in [-0.15, -0.1) is 5.10 Å². The molecule has 0 bridgehead atoms. The van der Waals surface area contributed by atoms with E-state index in [1.165, 1.54) is 0 Å². The molecular weight excluding hydrogens is 280 g/mol. The van der Waals surface area contributed by atoms with Gasteiger partial charge < -0.3 is 10.1 Å². The van der Waals surface area contributed by atoms with E-state index in [2.05, 4.69) is 25.6 Å². The zero-order chi connectivity index (χ0) is 14.9. The van der Waals surface area contributed by atoms with Crippen LogP contribution in [-0.2, 0) is 4.74 Å². The average molecular weight is 298 g/mol. The zero-order valence-corrected chi connectivity index (χ0v) is 12.4. The normalized spacial score (nSPS) is 16.2. The van der Waals surface area contributed by atoms with Crippen molar-refractivity contribution in [3.63, 3.8) is 0 Å². The number of aromatic amines is 1. The predicted molar refractivity (Wildman–Crippen MR) is 82.8 cm³/mol. The molecule has 3 aromatic rings. The van der Waals surface area contributed by atoms with Crippen molar-refractivity contribution in [2.45, 2.75) is 25.8 Å². The molecule has 0 aromatic carbocycles. The quantitative estimate of drug-likeness (QED) is 0.773. The summed E-state index contributed by atoms with van der Waals surface area (Å²) in [4.78, 5) is 4.58. The third-order valence-electron chi connectivity index (χ3n) is 4.03. The third-order valence-corrected chi connectivity index (χ3v) is 4.03. The molecule has 2 N–H and O–H groups in total. The van der Waals surface area contributed by atoms with Gasteiger partial charge in [-0.25, -0.2) is 4.52 Å². The van der Waals surface area contributed by atoms with Crippen LogP contribution >= 0.6 is 0 Å². The minimum atomic E-state index is 0.391. The van der Waals surface area contributed by atoms with E-state index in [0.29, 0.717) is 12.0 Å². The van der Waals surface area contributed by atoms with Crippen LogP contribution in [0.3, 0.4) is 0 Å². The molecule has 7 nitrogen and oxygen atoms in total. The van der Waals surface area contributed by atoms with Gasteiger partial charge in [0.2, 0.25) is 5.95 Å². The smallest absolute Gasteiger partial charge is 0.243 e. The van der Waals surface area contributed by atoms with E-state index in [1.807, 2.05) is 31.5 Å². The molecule has 0 aliphatic carbocycles. The summed E-state index contributed by atoms with van der Waals surface area (Å²) in [6, 6.07) is 4.44. The summed E-state index contributed by atoms with van der Waals surface area (Å²) in [7, 11) is 0. The van der Waals surface area contributed by atoms with Crippen LogP contribution in [0.15, 0.2) is 24.5 Å². The Morgan fingerprint density at radius 2 is 2.23 bits per heavy atom. The minimum Gasteiger partial charge on any atom is -0.381 e. The first-order valence-electron chi connectivity index (χ1n) is 7.51. The van der Waals surface area contributed by atoms with Crippen molar-refractivity contribution in [1.82, 2.24) is 24.8 Å². The van der Waals surface area contributed by atoms with Crippen LogP contribution in [0.1, 0.15) is 18.5 Å². The van der Waals surface area contributed by atoms with Crippen LogP contribution in [0.2, 0.25) is 0 Å².